The molecule has 4 nitrogen and oxygen atoms in total. The van der Waals surface area contributed by atoms with Crippen molar-refractivity contribution >= 4 is 5.97 Å². The minimum Gasteiger partial charge on any atom is -0.466 e. The average Bonchev–Trinajstić information content (AvgIpc) is 2.30. The van der Waals surface area contributed by atoms with Crippen molar-refractivity contribution in [2.24, 2.45) is 5.92 Å². The molecule has 0 amide bonds. The van der Waals surface area contributed by atoms with Crippen LogP contribution in [0.4, 0.5) is 0 Å². The lowest BCUT2D eigenvalue weighted by Gasteiger charge is -2.11. The summed E-state index contributed by atoms with van der Waals surface area (Å²) in [4.78, 5) is 11.3. The number of carbonyl (C=O) groups excluding carboxylic acids is 1. The third kappa shape index (κ3) is 3.32. The van der Waals surface area contributed by atoms with Crippen molar-refractivity contribution < 1.29 is 14.6 Å². The van der Waals surface area contributed by atoms with E-state index in [0.717, 1.165) is 0 Å². The van der Waals surface area contributed by atoms with Crippen LogP contribution in [0.25, 0.3) is 0 Å². The first-order valence-electron chi connectivity index (χ1n) is 4.79. The van der Waals surface area contributed by atoms with Crippen molar-refractivity contribution in [2.75, 3.05) is 19.7 Å². The van der Waals surface area contributed by atoms with Gasteiger partial charge >= 0.3 is 5.97 Å². The number of hydrogen-bond donors (Lipinski definition) is 2. The molecule has 0 aromatic heterocycles. The fourth-order valence-electron chi connectivity index (χ4n) is 1.48. The Hall–Kier alpha value is -0.610. The van der Waals surface area contributed by atoms with Crippen molar-refractivity contribution in [3.63, 3.8) is 0 Å². The van der Waals surface area contributed by atoms with E-state index in [1.807, 2.05) is 0 Å². The van der Waals surface area contributed by atoms with Crippen molar-refractivity contribution in [3.05, 3.63) is 0 Å². The average molecular weight is 187 g/mol. The molecule has 0 radical (unpaired) electrons. The summed E-state index contributed by atoms with van der Waals surface area (Å²) >= 11 is 0. The van der Waals surface area contributed by atoms with E-state index in [0.29, 0.717) is 32.5 Å². The standard InChI is InChI=1S/C9H17NO3/c1-2-13-9(12)7-3-4-8(11)6-10-5-7/h7-8,10-11H,2-6H2,1H3/t7-,8+/m1/s1. The summed E-state index contributed by atoms with van der Waals surface area (Å²) in [5, 5.41) is 12.3. The molecule has 1 aliphatic rings. The lowest BCUT2D eigenvalue weighted by Crippen LogP contribution is -2.29. The second-order valence-corrected chi connectivity index (χ2v) is 3.34. The SMILES string of the molecule is CCOC(=O)[C@@H]1CC[C@H](O)CNC1. The molecule has 4 heteroatoms. The largest absolute Gasteiger partial charge is 0.466 e. The molecule has 1 saturated heterocycles. The molecule has 2 atom stereocenters. The number of rotatable bonds is 2. The Morgan fingerprint density at radius 3 is 3.00 bits per heavy atom. The van der Waals surface area contributed by atoms with Gasteiger partial charge in [0.1, 0.15) is 0 Å². The topological polar surface area (TPSA) is 58.6 Å². The van der Waals surface area contributed by atoms with E-state index in [1.54, 1.807) is 6.92 Å². The van der Waals surface area contributed by atoms with Crippen LogP contribution in [0.15, 0.2) is 0 Å². The van der Waals surface area contributed by atoms with E-state index in [-0.39, 0.29) is 18.0 Å². The van der Waals surface area contributed by atoms with Crippen LogP contribution in [-0.2, 0) is 9.53 Å². The van der Waals surface area contributed by atoms with Gasteiger partial charge in [0.2, 0.25) is 0 Å². The van der Waals surface area contributed by atoms with Gasteiger partial charge in [-0.05, 0) is 19.8 Å². The number of hydrogen-bond acceptors (Lipinski definition) is 4. The maximum atomic E-state index is 11.3. The molecule has 0 aromatic carbocycles. The van der Waals surface area contributed by atoms with Gasteiger partial charge in [0.05, 0.1) is 18.6 Å². The fourth-order valence-corrected chi connectivity index (χ4v) is 1.48. The quantitative estimate of drug-likeness (QED) is 0.593. The van der Waals surface area contributed by atoms with Crippen LogP contribution in [-0.4, -0.2) is 36.9 Å². The zero-order chi connectivity index (χ0) is 9.68. The smallest absolute Gasteiger partial charge is 0.310 e. The molecular weight excluding hydrogens is 170 g/mol. The molecule has 1 heterocycles. The Morgan fingerprint density at radius 1 is 1.54 bits per heavy atom. The summed E-state index contributed by atoms with van der Waals surface area (Å²) in [6.45, 7) is 3.43. The molecule has 13 heavy (non-hydrogen) atoms. The highest BCUT2D eigenvalue weighted by Gasteiger charge is 2.23. The Bertz CT molecular complexity index is 172. The molecule has 0 saturated carbocycles. The number of nitrogens with one attached hydrogen (secondary N) is 1. The first-order chi connectivity index (χ1) is 6.24. The van der Waals surface area contributed by atoms with E-state index < -0.39 is 0 Å². The van der Waals surface area contributed by atoms with Crippen molar-refractivity contribution in [1.29, 1.82) is 0 Å². The Kier molecular flexibility index (Phi) is 4.18. The van der Waals surface area contributed by atoms with Gasteiger partial charge in [-0.1, -0.05) is 0 Å². The number of β-amino-alcohol motifs (C(OH)–C–C–N with tert-alkyl or cyclic N) is 1. The van der Waals surface area contributed by atoms with E-state index in [1.165, 1.54) is 0 Å². The van der Waals surface area contributed by atoms with Crippen molar-refractivity contribution in [1.82, 2.24) is 5.32 Å². The summed E-state index contributed by atoms with van der Waals surface area (Å²) in [6.07, 6.45) is 1.07. The normalized spacial score (nSPS) is 29.4. The van der Waals surface area contributed by atoms with Crippen LogP contribution < -0.4 is 5.32 Å². The fraction of sp³-hybridized carbons (Fsp3) is 0.889. The minimum atomic E-state index is -0.320. The number of aliphatic hydroxyl groups is 1. The Morgan fingerprint density at radius 2 is 2.31 bits per heavy atom. The molecule has 0 bridgehead atoms. The molecule has 1 fully saturated rings. The van der Waals surface area contributed by atoms with E-state index in [2.05, 4.69) is 5.32 Å². The van der Waals surface area contributed by atoms with Crippen LogP contribution in [0.5, 0.6) is 0 Å². The highest BCUT2D eigenvalue weighted by molar-refractivity contribution is 5.72. The highest BCUT2D eigenvalue weighted by Crippen LogP contribution is 2.13. The van der Waals surface area contributed by atoms with Crippen molar-refractivity contribution in [3.8, 4) is 0 Å². The minimum absolute atomic E-state index is 0.0860. The predicted octanol–water partition coefficient (Wildman–Crippen LogP) is -0.0900. The van der Waals surface area contributed by atoms with E-state index in [9.17, 15) is 9.90 Å². The summed E-state index contributed by atoms with van der Waals surface area (Å²) in [7, 11) is 0. The van der Waals surface area contributed by atoms with Gasteiger partial charge in [-0.3, -0.25) is 4.79 Å². The lowest BCUT2D eigenvalue weighted by atomic mass is 10.0. The molecule has 0 aromatic rings. The van der Waals surface area contributed by atoms with Gasteiger partial charge in [-0.2, -0.15) is 0 Å². The van der Waals surface area contributed by atoms with Crippen LogP contribution in [0.2, 0.25) is 0 Å². The first kappa shape index (κ1) is 10.5. The van der Waals surface area contributed by atoms with Crippen LogP contribution in [0.1, 0.15) is 19.8 Å². The molecule has 0 aliphatic carbocycles. The van der Waals surface area contributed by atoms with E-state index >= 15 is 0 Å². The Balaban J connectivity index is 2.37. The third-order valence-corrected chi connectivity index (χ3v) is 2.24. The lowest BCUT2D eigenvalue weighted by molar-refractivity contribution is -0.148. The number of carbonyl (C=O) groups is 1. The first-order valence-corrected chi connectivity index (χ1v) is 4.79. The van der Waals surface area contributed by atoms with Gasteiger partial charge in [-0.15, -0.1) is 0 Å². The molecule has 2 N–H and O–H groups in total. The zero-order valence-corrected chi connectivity index (χ0v) is 7.95. The predicted molar refractivity (Wildman–Crippen MR) is 48.2 cm³/mol. The summed E-state index contributed by atoms with van der Waals surface area (Å²) in [6, 6.07) is 0. The molecule has 0 unspecified atom stereocenters. The zero-order valence-electron chi connectivity index (χ0n) is 7.95. The summed E-state index contributed by atoms with van der Waals surface area (Å²) in [5.41, 5.74) is 0. The van der Waals surface area contributed by atoms with Gasteiger partial charge < -0.3 is 15.2 Å². The van der Waals surface area contributed by atoms with Gasteiger partial charge in [0.25, 0.3) is 0 Å². The third-order valence-electron chi connectivity index (χ3n) is 2.24. The number of esters is 1. The van der Waals surface area contributed by atoms with Gasteiger partial charge in [-0.25, -0.2) is 0 Å². The van der Waals surface area contributed by atoms with Gasteiger partial charge in [0.15, 0.2) is 0 Å². The maximum Gasteiger partial charge on any atom is 0.310 e. The molecular formula is C9H17NO3. The van der Waals surface area contributed by atoms with Crippen molar-refractivity contribution in [2.45, 2.75) is 25.9 Å². The molecule has 76 valence electrons. The second-order valence-electron chi connectivity index (χ2n) is 3.34. The molecule has 0 spiro atoms. The molecule has 1 rings (SSSR count). The van der Waals surface area contributed by atoms with Crippen LogP contribution in [0, 0.1) is 5.92 Å². The highest BCUT2D eigenvalue weighted by atomic mass is 16.5. The Labute approximate surface area is 78.3 Å². The summed E-state index contributed by atoms with van der Waals surface area (Å²) < 4.78 is 4.91. The van der Waals surface area contributed by atoms with Gasteiger partial charge in [0, 0.05) is 13.1 Å². The van der Waals surface area contributed by atoms with Crippen LogP contribution in [0.3, 0.4) is 0 Å². The second kappa shape index (κ2) is 5.19. The van der Waals surface area contributed by atoms with E-state index in [4.69, 9.17) is 4.74 Å². The van der Waals surface area contributed by atoms with Crippen LogP contribution >= 0.6 is 0 Å². The maximum absolute atomic E-state index is 11.3. The monoisotopic (exact) mass is 187 g/mol. The molecule has 1 aliphatic heterocycles. The number of aliphatic hydroxyl groups excluding tert-OH is 1. The number of ether oxygens (including phenoxy) is 1. The summed E-state index contributed by atoms with van der Waals surface area (Å²) in [5.74, 6) is -0.235.